The first-order chi connectivity index (χ1) is 28.5. The smallest absolute Gasteiger partial charge is 0.164 e. The molecule has 1 aromatic heterocycles. The SMILES string of the molecule is CC1(C)c2ccccc2C2(c3ccccc3-c3c(-c4ccc(-c5ccc(-c6nc(-c7ccccc7)nc(-c7ccccc7)n6)cc5)cc4)cccc32)c2ccccc21. The Morgan fingerprint density at radius 2 is 0.638 bits per heavy atom. The summed E-state index contributed by atoms with van der Waals surface area (Å²) in [5.74, 6) is 1.97. The Balaban J connectivity index is 0.983. The van der Waals surface area contributed by atoms with Gasteiger partial charge in [0.2, 0.25) is 0 Å². The zero-order valence-electron chi connectivity index (χ0n) is 32.4. The summed E-state index contributed by atoms with van der Waals surface area (Å²) >= 11 is 0. The van der Waals surface area contributed by atoms with E-state index in [0.29, 0.717) is 17.5 Å². The molecule has 3 nitrogen and oxygen atoms in total. The molecule has 8 aromatic carbocycles. The molecule has 3 heteroatoms. The molecule has 9 aromatic rings. The molecule has 1 heterocycles. The number of fused-ring (bicyclic) bond motifs is 9. The van der Waals surface area contributed by atoms with Gasteiger partial charge in [0.15, 0.2) is 17.5 Å². The second-order valence-electron chi connectivity index (χ2n) is 15.9. The summed E-state index contributed by atoms with van der Waals surface area (Å²) in [7, 11) is 0. The first-order valence-electron chi connectivity index (χ1n) is 20.0. The van der Waals surface area contributed by atoms with Gasteiger partial charge in [-0.1, -0.05) is 214 Å². The van der Waals surface area contributed by atoms with Gasteiger partial charge in [0, 0.05) is 22.1 Å². The highest BCUT2D eigenvalue weighted by Crippen LogP contribution is 2.63. The van der Waals surface area contributed by atoms with Gasteiger partial charge in [-0.25, -0.2) is 15.0 Å². The van der Waals surface area contributed by atoms with Crippen LogP contribution in [-0.2, 0) is 10.8 Å². The van der Waals surface area contributed by atoms with Crippen molar-refractivity contribution in [2.45, 2.75) is 24.7 Å². The van der Waals surface area contributed by atoms with E-state index >= 15 is 0 Å². The van der Waals surface area contributed by atoms with Gasteiger partial charge >= 0.3 is 0 Å². The third kappa shape index (κ3) is 5.10. The summed E-state index contributed by atoms with van der Waals surface area (Å²) in [5, 5.41) is 0. The quantitative estimate of drug-likeness (QED) is 0.176. The largest absolute Gasteiger partial charge is 0.208 e. The Morgan fingerprint density at radius 1 is 0.276 bits per heavy atom. The topological polar surface area (TPSA) is 38.7 Å². The molecule has 0 radical (unpaired) electrons. The third-order valence-electron chi connectivity index (χ3n) is 12.4. The van der Waals surface area contributed by atoms with Crippen LogP contribution in [0.15, 0.2) is 200 Å². The molecule has 0 bridgehead atoms. The van der Waals surface area contributed by atoms with E-state index in [0.717, 1.165) is 27.8 Å². The van der Waals surface area contributed by atoms with Crippen molar-refractivity contribution in [3.8, 4) is 67.5 Å². The molecule has 0 saturated carbocycles. The van der Waals surface area contributed by atoms with Crippen molar-refractivity contribution in [3.63, 3.8) is 0 Å². The maximum absolute atomic E-state index is 4.93. The normalized spacial score (nSPS) is 14.0. The van der Waals surface area contributed by atoms with E-state index in [1.807, 2.05) is 60.7 Å². The molecule has 0 fully saturated rings. The monoisotopic (exact) mass is 741 g/mol. The zero-order chi connectivity index (χ0) is 38.8. The van der Waals surface area contributed by atoms with E-state index in [2.05, 4.69) is 153 Å². The number of rotatable bonds is 5. The van der Waals surface area contributed by atoms with Gasteiger partial charge < -0.3 is 0 Å². The lowest BCUT2D eigenvalue weighted by Gasteiger charge is -2.46. The van der Waals surface area contributed by atoms with Gasteiger partial charge in [-0.3, -0.25) is 0 Å². The lowest BCUT2D eigenvalue weighted by Crippen LogP contribution is -2.40. The van der Waals surface area contributed by atoms with E-state index in [4.69, 9.17) is 15.0 Å². The second-order valence-corrected chi connectivity index (χ2v) is 15.9. The lowest BCUT2D eigenvalue weighted by atomic mass is 9.55. The van der Waals surface area contributed by atoms with Crippen LogP contribution >= 0.6 is 0 Å². The van der Waals surface area contributed by atoms with Gasteiger partial charge in [0.25, 0.3) is 0 Å². The summed E-state index contributed by atoms with van der Waals surface area (Å²) in [6.45, 7) is 4.75. The van der Waals surface area contributed by atoms with Crippen molar-refractivity contribution in [2.75, 3.05) is 0 Å². The van der Waals surface area contributed by atoms with Crippen molar-refractivity contribution in [3.05, 3.63) is 234 Å². The number of aromatic nitrogens is 3. The minimum atomic E-state index is -0.408. The molecule has 0 saturated heterocycles. The molecular weight excluding hydrogens is 703 g/mol. The van der Waals surface area contributed by atoms with Gasteiger partial charge in [0.05, 0.1) is 5.41 Å². The van der Waals surface area contributed by atoms with Crippen LogP contribution in [0.25, 0.3) is 67.5 Å². The molecule has 0 atom stereocenters. The Kier molecular flexibility index (Phi) is 7.74. The predicted octanol–water partition coefficient (Wildman–Crippen LogP) is 13.2. The van der Waals surface area contributed by atoms with Gasteiger partial charge in [-0.15, -0.1) is 0 Å². The molecular formula is C55H39N3. The average Bonchev–Trinajstić information content (AvgIpc) is 3.60. The fourth-order valence-corrected chi connectivity index (χ4v) is 9.74. The molecule has 11 rings (SSSR count). The summed E-state index contributed by atoms with van der Waals surface area (Å²) in [5.41, 5.74) is 18.0. The Bertz CT molecular complexity index is 2890. The molecule has 58 heavy (non-hydrogen) atoms. The number of hydrogen-bond donors (Lipinski definition) is 0. The van der Waals surface area contributed by atoms with Crippen LogP contribution < -0.4 is 0 Å². The van der Waals surface area contributed by atoms with Gasteiger partial charge in [0.1, 0.15) is 0 Å². The zero-order valence-corrected chi connectivity index (χ0v) is 32.4. The van der Waals surface area contributed by atoms with Crippen LogP contribution in [0, 0.1) is 0 Å². The van der Waals surface area contributed by atoms with Crippen LogP contribution in [0.2, 0.25) is 0 Å². The van der Waals surface area contributed by atoms with E-state index < -0.39 is 5.41 Å². The molecule has 0 unspecified atom stereocenters. The average molecular weight is 742 g/mol. The molecule has 274 valence electrons. The third-order valence-corrected chi connectivity index (χ3v) is 12.4. The lowest BCUT2D eigenvalue weighted by molar-refractivity contribution is 0.563. The fraction of sp³-hybridized carbons (Fsp3) is 0.0727. The van der Waals surface area contributed by atoms with E-state index in [1.165, 1.54) is 55.6 Å². The number of nitrogens with zero attached hydrogens (tertiary/aromatic N) is 3. The van der Waals surface area contributed by atoms with Crippen molar-refractivity contribution < 1.29 is 0 Å². The van der Waals surface area contributed by atoms with Crippen LogP contribution in [0.3, 0.4) is 0 Å². The van der Waals surface area contributed by atoms with Crippen LogP contribution in [0.1, 0.15) is 47.2 Å². The van der Waals surface area contributed by atoms with Gasteiger partial charge in [-0.2, -0.15) is 0 Å². The van der Waals surface area contributed by atoms with Crippen LogP contribution in [0.4, 0.5) is 0 Å². The minimum Gasteiger partial charge on any atom is -0.208 e. The van der Waals surface area contributed by atoms with E-state index in [9.17, 15) is 0 Å². The van der Waals surface area contributed by atoms with Crippen molar-refractivity contribution in [1.29, 1.82) is 0 Å². The summed E-state index contributed by atoms with van der Waals surface area (Å²) in [6.07, 6.45) is 0. The second kappa shape index (κ2) is 13.2. The van der Waals surface area contributed by atoms with Gasteiger partial charge in [-0.05, 0) is 66.8 Å². The highest BCUT2D eigenvalue weighted by atomic mass is 15.0. The molecule has 2 aliphatic rings. The standard InChI is InChI=1S/C55H39N3/c1-54(2)45-23-11-13-25-47(45)55(48-26-14-12-24-46(48)54)44-22-10-9-20-43(44)50-42(21-15-27-49(50)55)38-32-28-36(29-33-38)37-30-34-41(35-31-37)53-57-51(39-16-5-3-6-17-39)56-52(58-53)40-18-7-4-8-19-40/h3-35H,1-2H3. The Hall–Kier alpha value is -7.23. The highest BCUT2D eigenvalue weighted by molar-refractivity contribution is 5.96. The summed E-state index contributed by atoms with van der Waals surface area (Å²) < 4.78 is 0. The molecule has 2 aliphatic carbocycles. The van der Waals surface area contributed by atoms with Crippen molar-refractivity contribution in [2.24, 2.45) is 0 Å². The number of hydrogen-bond acceptors (Lipinski definition) is 3. The van der Waals surface area contributed by atoms with E-state index in [-0.39, 0.29) is 5.41 Å². The molecule has 0 aliphatic heterocycles. The minimum absolute atomic E-state index is 0.122. The Labute approximate surface area is 339 Å². The maximum Gasteiger partial charge on any atom is 0.164 e. The first-order valence-corrected chi connectivity index (χ1v) is 20.0. The summed E-state index contributed by atoms with van der Waals surface area (Å²) in [4.78, 5) is 14.7. The van der Waals surface area contributed by atoms with Crippen molar-refractivity contribution in [1.82, 2.24) is 15.0 Å². The molecule has 0 amide bonds. The van der Waals surface area contributed by atoms with Crippen LogP contribution in [-0.4, -0.2) is 15.0 Å². The van der Waals surface area contributed by atoms with E-state index in [1.54, 1.807) is 0 Å². The van der Waals surface area contributed by atoms with Crippen molar-refractivity contribution >= 4 is 0 Å². The maximum atomic E-state index is 4.93. The molecule has 0 N–H and O–H groups in total. The molecule has 1 spiro atoms. The first kappa shape index (κ1) is 34.1. The van der Waals surface area contributed by atoms with Crippen LogP contribution in [0.5, 0.6) is 0 Å². The summed E-state index contributed by atoms with van der Waals surface area (Å²) in [6, 6.07) is 72.1. The number of benzene rings is 8. The highest BCUT2D eigenvalue weighted by Gasteiger charge is 2.53. The predicted molar refractivity (Wildman–Crippen MR) is 236 cm³/mol. The Morgan fingerprint density at radius 3 is 1.16 bits per heavy atom. The fourth-order valence-electron chi connectivity index (χ4n) is 9.74.